The SMILES string of the molecule is CSCCC(C)Nc1cc2[nH]c(=O)oc2cc1N. The summed E-state index contributed by atoms with van der Waals surface area (Å²) in [7, 11) is 0. The zero-order chi connectivity index (χ0) is 13.1. The van der Waals surface area contributed by atoms with E-state index in [2.05, 4.69) is 23.5 Å². The van der Waals surface area contributed by atoms with Crippen LogP contribution >= 0.6 is 11.8 Å². The molecule has 0 aliphatic heterocycles. The van der Waals surface area contributed by atoms with Crippen molar-refractivity contribution in [2.75, 3.05) is 23.1 Å². The first-order chi connectivity index (χ1) is 8.60. The lowest BCUT2D eigenvalue weighted by molar-refractivity contribution is 0.555. The van der Waals surface area contributed by atoms with E-state index in [-0.39, 0.29) is 0 Å². The van der Waals surface area contributed by atoms with Gasteiger partial charge in [-0.15, -0.1) is 0 Å². The Morgan fingerprint density at radius 1 is 1.56 bits per heavy atom. The molecule has 2 rings (SSSR count). The van der Waals surface area contributed by atoms with Crippen molar-refractivity contribution in [1.29, 1.82) is 0 Å². The Hall–Kier alpha value is -1.56. The maximum Gasteiger partial charge on any atom is 0.417 e. The third kappa shape index (κ3) is 2.81. The number of nitrogens with one attached hydrogen (secondary N) is 2. The van der Waals surface area contributed by atoms with Gasteiger partial charge in [-0.1, -0.05) is 0 Å². The summed E-state index contributed by atoms with van der Waals surface area (Å²) in [4.78, 5) is 13.7. The number of hydrogen-bond acceptors (Lipinski definition) is 5. The normalized spacial score (nSPS) is 12.8. The largest absolute Gasteiger partial charge is 0.417 e. The number of benzene rings is 1. The van der Waals surface area contributed by atoms with Crippen LogP contribution in [0.3, 0.4) is 0 Å². The molecule has 1 heterocycles. The Labute approximate surface area is 109 Å². The molecule has 0 aliphatic rings. The van der Waals surface area contributed by atoms with E-state index in [9.17, 15) is 4.79 Å². The molecule has 0 aliphatic carbocycles. The molecule has 5 nitrogen and oxygen atoms in total. The lowest BCUT2D eigenvalue weighted by Crippen LogP contribution is -2.16. The highest BCUT2D eigenvalue weighted by Crippen LogP contribution is 2.25. The molecule has 0 saturated heterocycles. The van der Waals surface area contributed by atoms with E-state index in [0.717, 1.165) is 17.9 Å². The van der Waals surface area contributed by atoms with Crippen molar-refractivity contribution in [3.63, 3.8) is 0 Å². The molecule has 0 radical (unpaired) electrons. The van der Waals surface area contributed by atoms with E-state index in [1.807, 2.05) is 17.8 Å². The van der Waals surface area contributed by atoms with Crippen LogP contribution in [0.25, 0.3) is 11.1 Å². The molecule has 1 unspecified atom stereocenters. The number of hydrogen-bond donors (Lipinski definition) is 3. The summed E-state index contributed by atoms with van der Waals surface area (Å²) in [6, 6.07) is 3.80. The molecule has 98 valence electrons. The Bertz CT molecular complexity index is 591. The van der Waals surface area contributed by atoms with Crippen molar-refractivity contribution in [3.05, 3.63) is 22.7 Å². The van der Waals surface area contributed by atoms with Gasteiger partial charge >= 0.3 is 5.76 Å². The summed E-state index contributed by atoms with van der Waals surface area (Å²) in [5.41, 5.74) is 8.49. The smallest absolute Gasteiger partial charge is 0.408 e. The van der Waals surface area contributed by atoms with Gasteiger partial charge in [-0.25, -0.2) is 4.79 Å². The van der Waals surface area contributed by atoms with Crippen LogP contribution in [0.2, 0.25) is 0 Å². The van der Waals surface area contributed by atoms with Crippen molar-refractivity contribution in [3.8, 4) is 0 Å². The van der Waals surface area contributed by atoms with Crippen molar-refractivity contribution in [2.24, 2.45) is 0 Å². The maximum absolute atomic E-state index is 11.1. The van der Waals surface area contributed by atoms with Gasteiger partial charge in [-0.2, -0.15) is 11.8 Å². The topological polar surface area (TPSA) is 84.0 Å². The van der Waals surface area contributed by atoms with Crippen molar-refractivity contribution < 1.29 is 4.42 Å². The van der Waals surface area contributed by atoms with E-state index in [0.29, 0.717) is 22.8 Å². The number of aromatic amines is 1. The summed E-state index contributed by atoms with van der Waals surface area (Å²) in [5, 5.41) is 3.34. The maximum atomic E-state index is 11.1. The minimum Gasteiger partial charge on any atom is -0.408 e. The number of anilines is 2. The molecule has 1 aromatic heterocycles. The molecule has 1 aromatic carbocycles. The van der Waals surface area contributed by atoms with Crippen LogP contribution in [0, 0.1) is 0 Å². The van der Waals surface area contributed by atoms with Crippen molar-refractivity contribution >= 4 is 34.2 Å². The van der Waals surface area contributed by atoms with E-state index in [1.165, 1.54) is 0 Å². The first kappa shape index (κ1) is 12.9. The third-order valence-corrected chi connectivity index (χ3v) is 3.39. The number of nitrogen functional groups attached to an aromatic ring is 1. The number of H-pyrrole nitrogens is 1. The number of rotatable bonds is 5. The zero-order valence-corrected chi connectivity index (χ0v) is 11.3. The predicted molar refractivity (Wildman–Crippen MR) is 77.3 cm³/mol. The fourth-order valence-corrected chi connectivity index (χ4v) is 2.36. The van der Waals surface area contributed by atoms with Gasteiger partial charge in [0.25, 0.3) is 0 Å². The van der Waals surface area contributed by atoms with Gasteiger partial charge in [0, 0.05) is 12.1 Å². The molecule has 0 spiro atoms. The average molecular weight is 267 g/mol. The predicted octanol–water partition coefficient (Wildman–Crippen LogP) is 2.26. The Kier molecular flexibility index (Phi) is 3.86. The fourth-order valence-electron chi connectivity index (χ4n) is 1.77. The molecule has 0 fully saturated rings. The second-order valence-corrected chi connectivity index (χ2v) is 5.26. The minimum atomic E-state index is -0.461. The lowest BCUT2D eigenvalue weighted by atomic mass is 10.2. The Morgan fingerprint density at radius 2 is 2.33 bits per heavy atom. The Morgan fingerprint density at radius 3 is 3.06 bits per heavy atom. The fraction of sp³-hybridized carbons (Fsp3) is 0.417. The van der Waals surface area contributed by atoms with E-state index in [1.54, 1.807) is 6.07 Å². The third-order valence-electron chi connectivity index (χ3n) is 2.75. The second-order valence-electron chi connectivity index (χ2n) is 4.28. The van der Waals surface area contributed by atoms with Crippen LogP contribution in [0.5, 0.6) is 0 Å². The molecule has 1 atom stereocenters. The quantitative estimate of drug-likeness (QED) is 0.724. The van der Waals surface area contributed by atoms with Gasteiger partial charge < -0.3 is 15.5 Å². The molecule has 0 bridgehead atoms. The van der Waals surface area contributed by atoms with E-state index >= 15 is 0 Å². The van der Waals surface area contributed by atoms with Crippen molar-refractivity contribution in [1.82, 2.24) is 4.98 Å². The standard InChI is InChI=1S/C12H17N3O2S/c1-7(3-4-18-2)14-9-6-10-11(5-8(9)13)17-12(16)15-10/h5-7,14H,3-4,13H2,1-2H3,(H,15,16). The van der Waals surface area contributed by atoms with Crippen LogP contribution in [-0.2, 0) is 0 Å². The Balaban J connectivity index is 2.21. The van der Waals surface area contributed by atoms with E-state index < -0.39 is 5.76 Å². The van der Waals surface area contributed by atoms with E-state index in [4.69, 9.17) is 10.2 Å². The molecule has 2 aromatic rings. The zero-order valence-electron chi connectivity index (χ0n) is 10.4. The summed E-state index contributed by atoms with van der Waals surface area (Å²) in [5.74, 6) is 0.635. The second kappa shape index (κ2) is 5.39. The molecule has 0 amide bonds. The average Bonchev–Trinajstić information content (AvgIpc) is 2.66. The van der Waals surface area contributed by atoms with Crippen LogP contribution in [-0.4, -0.2) is 23.0 Å². The van der Waals surface area contributed by atoms with Crippen LogP contribution in [0.1, 0.15) is 13.3 Å². The summed E-state index contributed by atoms with van der Waals surface area (Å²) in [6.07, 6.45) is 3.14. The molecular formula is C12H17N3O2S. The minimum absolute atomic E-state index is 0.329. The van der Waals surface area contributed by atoms with Gasteiger partial charge in [-0.3, -0.25) is 4.98 Å². The number of nitrogens with two attached hydrogens (primary N) is 1. The highest BCUT2D eigenvalue weighted by atomic mass is 32.2. The van der Waals surface area contributed by atoms with Crippen molar-refractivity contribution in [2.45, 2.75) is 19.4 Å². The molecule has 0 saturated carbocycles. The summed E-state index contributed by atoms with van der Waals surface area (Å²) in [6.45, 7) is 2.11. The van der Waals surface area contributed by atoms with Crippen LogP contribution in [0.4, 0.5) is 11.4 Å². The van der Waals surface area contributed by atoms with Crippen LogP contribution < -0.4 is 16.8 Å². The number of aromatic nitrogens is 1. The summed E-state index contributed by atoms with van der Waals surface area (Å²) < 4.78 is 4.95. The highest BCUT2D eigenvalue weighted by molar-refractivity contribution is 7.98. The number of thioether (sulfide) groups is 1. The lowest BCUT2D eigenvalue weighted by Gasteiger charge is -2.16. The molecule has 4 N–H and O–H groups in total. The molecular weight excluding hydrogens is 250 g/mol. The van der Waals surface area contributed by atoms with Gasteiger partial charge in [-0.05, 0) is 31.4 Å². The van der Waals surface area contributed by atoms with Gasteiger partial charge in [0.1, 0.15) is 0 Å². The molecule has 6 heteroatoms. The first-order valence-electron chi connectivity index (χ1n) is 5.78. The summed E-state index contributed by atoms with van der Waals surface area (Å²) >= 11 is 1.82. The number of fused-ring (bicyclic) bond motifs is 1. The monoisotopic (exact) mass is 267 g/mol. The van der Waals surface area contributed by atoms with Crippen LogP contribution in [0.15, 0.2) is 21.3 Å². The number of oxazole rings is 1. The molecule has 18 heavy (non-hydrogen) atoms. The van der Waals surface area contributed by atoms with Gasteiger partial charge in [0.05, 0.1) is 16.9 Å². The van der Waals surface area contributed by atoms with Gasteiger partial charge in [0.2, 0.25) is 0 Å². The highest BCUT2D eigenvalue weighted by Gasteiger charge is 2.09. The first-order valence-corrected chi connectivity index (χ1v) is 7.17. The van der Waals surface area contributed by atoms with Gasteiger partial charge in [0.15, 0.2) is 5.58 Å².